The molecule has 226 valence electrons. The summed E-state index contributed by atoms with van der Waals surface area (Å²) in [5.41, 5.74) is 0.368. The number of hydrogen-bond donors (Lipinski definition) is 1. The first-order valence-electron chi connectivity index (χ1n) is 13.0. The van der Waals surface area contributed by atoms with Crippen molar-refractivity contribution in [2.24, 2.45) is 12.1 Å². The summed E-state index contributed by atoms with van der Waals surface area (Å²) in [5.74, 6) is -1.54. The Hall–Kier alpha value is -4.57. The minimum atomic E-state index is -4.45. The molecule has 1 amide bonds. The van der Waals surface area contributed by atoms with Gasteiger partial charge in [-0.05, 0) is 55.5 Å². The summed E-state index contributed by atoms with van der Waals surface area (Å²) in [6.45, 7) is 1.65. The molecule has 0 saturated heterocycles. The van der Waals surface area contributed by atoms with Gasteiger partial charge in [-0.25, -0.2) is 4.79 Å². The minimum Gasteiger partial charge on any atom is -0.461 e. The van der Waals surface area contributed by atoms with Gasteiger partial charge in [0.2, 0.25) is 0 Å². The highest BCUT2D eigenvalue weighted by Gasteiger charge is 2.38. The topological polar surface area (TPSA) is 151 Å². The molecule has 0 saturated carbocycles. The molecule has 0 aliphatic carbocycles. The Morgan fingerprint density at radius 1 is 0.977 bits per heavy atom. The normalized spacial score (nSPS) is 16.7. The predicted octanol–water partition coefficient (Wildman–Crippen LogP) is 2.20. The van der Waals surface area contributed by atoms with Crippen molar-refractivity contribution < 1.29 is 27.3 Å². The number of anilines is 2. The van der Waals surface area contributed by atoms with Gasteiger partial charge in [-0.2, -0.15) is 18.5 Å². The van der Waals surface area contributed by atoms with Crippen molar-refractivity contribution >= 4 is 72.8 Å². The lowest BCUT2D eigenvalue weighted by atomic mass is 10.1. The van der Waals surface area contributed by atoms with E-state index in [1.165, 1.54) is 35.5 Å². The molecule has 0 bridgehead atoms. The first kappa shape index (κ1) is 30.9. The lowest BCUT2D eigenvalue weighted by Crippen LogP contribution is -2.34. The average Bonchev–Trinajstić information content (AvgIpc) is 3.64. The van der Waals surface area contributed by atoms with Crippen LogP contribution < -0.4 is 24.7 Å². The van der Waals surface area contributed by atoms with Gasteiger partial charge in [-0.3, -0.25) is 19.1 Å². The fraction of sp³-hybridized carbons (Fsp3) is 0.138. The van der Waals surface area contributed by atoms with E-state index >= 15 is 0 Å². The number of hydrogen-bond acceptors (Lipinski definition) is 11. The second-order valence-corrected chi connectivity index (χ2v) is 12.6. The van der Waals surface area contributed by atoms with Crippen molar-refractivity contribution in [2.45, 2.75) is 16.7 Å². The molecule has 44 heavy (non-hydrogen) atoms. The zero-order chi connectivity index (χ0) is 31.6. The molecule has 12 nitrogen and oxygen atoms in total. The fourth-order valence-electron chi connectivity index (χ4n) is 4.29. The summed E-state index contributed by atoms with van der Waals surface area (Å²) < 4.78 is 39.1. The molecule has 15 heteroatoms. The van der Waals surface area contributed by atoms with E-state index in [1.807, 2.05) is 54.4 Å². The number of ether oxygens (including phenoxy) is 1. The number of hydrazone groups is 1. The van der Waals surface area contributed by atoms with E-state index in [4.69, 9.17) is 4.74 Å². The Kier molecular flexibility index (Phi) is 8.82. The van der Waals surface area contributed by atoms with Gasteiger partial charge in [-0.1, -0.05) is 30.0 Å². The van der Waals surface area contributed by atoms with Crippen LogP contribution >= 0.6 is 23.1 Å². The maximum atomic E-state index is 13.6. The number of thioether (sulfide) groups is 1. The first-order valence-corrected chi connectivity index (χ1v) is 16.1. The number of aromatic nitrogens is 2. The third-order valence-corrected chi connectivity index (χ3v) is 9.88. The third kappa shape index (κ3) is 5.94. The highest BCUT2D eigenvalue weighted by molar-refractivity contribution is 8.08. The Balaban J connectivity index is 0.000000573. The van der Waals surface area contributed by atoms with Crippen molar-refractivity contribution in [3.8, 4) is 0 Å². The summed E-state index contributed by atoms with van der Waals surface area (Å²) >= 11 is 2.50. The number of nitrogens with zero attached hydrogens (tertiary/aromatic N) is 5. The van der Waals surface area contributed by atoms with E-state index in [0.29, 0.717) is 9.56 Å². The highest BCUT2D eigenvalue weighted by atomic mass is 32.2. The Morgan fingerprint density at radius 2 is 1.66 bits per heavy atom. The van der Waals surface area contributed by atoms with E-state index in [-0.39, 0.29) is 38.7 Å². The number of para-hydroxylation sites is 1. The van der Waals surface area contributed by atoms with Gasteiger partial charge in [0.05, 0.1) is 22.9 Å². The molecular weight excluding hydrogens is 627 g/mol. The van der Waals surface area contributed by atoms with Crippen molar-refractivity contribution in [3.63, 3.8) is 0 Å². The van der Waals surface area contributed by atoms with Crippen LogP contribution in [0.25, 0.3) is 10.6 Å². The standard InChI is InChI=1S/C24H20N4O7S3.C5H5N/c1-4-35-24(31)18-17(20(29)28(25-18)13-9-11-14(12-10-13)38(32,33)34)22-27(3)21(30)19(37-22)23-26(2)15-7-5-6-8-16(15)36-23;1-2-4-6-5-3-1/h5-12H,4H2,1-3H3,(H,32,33,34);1-5H/b22-17+,23-19+;. The maximum absolute atomic E-state index is 13.6. The van der Waals surface area contributed by atoms with Crippen LogP contribution in [-0.2, 0) is 31.5 Å². The van der Waals surface area contributed by atoms with Crippen LogP contribution in [0.3, 0.4) is 0 Å². The third-order valence-electron chi connectivity index (χ3n) is 6.41. The monoisotopic (exact) mass is 651 g/mol. The van der Waals surface area contributed by atoms with Crippen LogP contribution in [0, 0.1) is 0 Å². The maximum Gasteiger partial charge on any atom is 0.359 e. The molecule has 2 aromatic carbocycles. The molecule has 0 fully saturated rings. The minimum absolute atomic E-state index is 0.0363. The predicted molar refractivity (Wildman–Crippen MR) is 168 cm³/mol. The van der Waals surface area contributed by atoms with Crippen molar-refractivity contribution in [1.82, 2.24) is 9.55 Å². The summed E-state index contributed by atoms with van der Waals surface area (Å²) in [6.07, 6.45) is 3.50. The van der Waals surface area contributed by atoms with Gasteiger partial charge >= 0.3 is 5.97 Å². The Morgan fingerprint density at radius 3 is 2.23 bits per heavy atom. The van der Waals surface area contributed by atoms with Crippen molar-refractivity contribution in [2.75, 3.05) is 23.6 Å². The van der Waals surface area contributed by atoms with E-state index in [9.17, 15) is 27.4 Å². The van der Waals surface area contributed by atoms with Crippen LogP contribution in [-0.4, -0.2) is 53.8 Å². The summed E-state index contributed by atoms with van der Waals surface area (Å²) in [5, 5.41) is 5.80. The molecule has 1 N–H and O–H groups in total. The summed E-state index contributed by atoms with van der Waals surface area (Å²) in [6, 6.07) is 18.2. The number of esters is 1. The Labute approximate surface area is 260 Å². The quantitative estimate of drug-likeness (QED) is 0.257. The van der Waals surface area contributed by atoms with Crippen LogP contribution in [0.5, 0.6) is 0 Å². The van der Waals surface area contributed by atoms with E-state index in [1.54, 1.807) is 19.3 Å². The fourth-order valence-corrected chi connectivity index (χ4v) is 7.25. The molecule has 2 aliphatic heterocycles. The average molecular weight is 652 g/mol. The van der Waals surface area contributed by atoms with Gasteiger partial charge in [0.1, 0.15) is 19.8 Å². The number of rotatable bonds is 4. The van der Waals surface area contributed by atoms with Gasteiger partial charge in [-0.15, -0.1) is 11.3 Å². The Bertz CT molecular complexity index is 2050. The number of carbonyl (C=O) groups excluding carboxylic acids is 2. The molecule has 6 rings (SSSR count). The second-order valence-electron chi connectivity index (χ2n) is 9.19. The molecule has 0 unspecified atom stereocenters. The highest BCUT2D eigenvalue weighted by Crippen LogP contribution is 2.45. The van der Waals surface area contributed by atoms with Crippen LogP contribution in [0.15, 0.2) is 98.8 Å². The van der Waals surface area contributed by atoms with E-state index in [0.717, 1.165) is 39.1 Å². The largest absolute Gasteiger partial charge is 0.461 e. The van der Waals surface area contributed by atoms with Crippen LogP contribution in [0.2, 0.25) is 0 Å². The van der Waals surface area contributed by atoms with Gasteiger partial charge < -0.3 is 14.2 Å². The molecule has 2 aromatic heterocycles. The molecular formula is C29H25N5O7S3. The molecule has 2 aliphatic rings. The van der Waals surface area contributed by atoms with Gasteiger partial charge in [0, 0.05) is 31.4 Å². The molecule has 0 radical (unpaired) electrons. The number of thiazole rings is 1. The lowest BCUT2D eigenvalue weighted by molar-refractivity contribution is -0.134. The lowest BCUT2D eigenvalue weighted by Gasteiger charge is -2.11. The van der Waals surface area contributed by atoms with E-state index in [2.05, 4.69) is 10.1 Å². The smallest absolute Gasteiger partial charge is 0.359 e. The van der Waals surface area contributed by atoms with Gasteiger partial charge in [0.25, 0.3) is 21.6 Å². The van der Waals surface area contributed by atoms with Gasteiger partial charge in [0.15, 0.2) is 5.71 Å². The number of amides is 1. The second kappa shape index (κ2) is 12.6. The van der Waals surface area contributed by atoms with Crippen LogP contribution in [0.4, 0.5) is 11.4 Å². The number of carbonyl (C=O) groups is 2. The summed E-state index contributed by atoms with van der Waals surface area (Å²) in [4.78, 5) is 46.1. The molecule has 0 atom stereocenters. The zero-order valence-electron chi connectivity index (χ0n) is 23.6. The van der Waals surface area contributed by atoms with Crippen LogP contribution in [0.1, 0.15) is 6.92 Å². The molecule has 4 heterocycles. The van der Waals surface area contributed by atoms with Crippen molar-refractivity contribution in [3.05, 3.63) is 98.7 Å². The van der Waals surface area contributed by atoms with Crippen molar-refractivity contribution in [1.29, 1.82) is 0 Å². The molecule has 0 spiro atoms. The number of fused-ring (bicyclic) bond motifs is 1. The number of benzene rings is 2. The summed E-state index contributed by atoms with van der Waals surface area (Å²) in [7, 11) is -1.08. The zero-order valence-corrected chi connectivity index (χ0v) is 26.0. The number of pyridine rings is 1. The SMILES string of the molecule is CCOC(=O)C1=NN(c2ccc(S(=O)(=O)O)cc2)C(=O)/C1=c1/s/c(=C2/Sc3ccccc3N2C)c(=O)n1C.c1ccncc1. The first-order chi connectivity index (χ1) is 21.0. The van der Waals surface area contributed by atoms with E-state index < -0.39 is 22.0 Å². The molecule has 4 aromatic rings.